The fourth-order valence-corrected chi connectivity index (χ4v) is 5.83. The molecule has 2 saturated heterocycles. The van der Waals surface area contributed by atoms with E-state index < -0.39 is 0 Å². The first-order valence-electron chi connectivity index (χ1n) is 15.4. The first-order chi connectivity index (χ1) is 22.4. The van der Waals surface area contributed by atoms with Crippen LogP contribution in [0.1, 0.15) is 20.7 Å². The van der Waals surface area contributed by atoms with Crippen LogP contribution in [-0.2, 0) is 7.05 Å². The zero-order valence-electron chi connectivity index (χ0n) is 25.9. The molecule has 0 bridgehead atoms. The summed E-state index contributed by atoms with van der Waals surface area (Å²) < 4.78 is 1.75. The summed E-state index contributed by atoms with van der Waals surface area (Å²) in [7, 11) is 4.00. The molecular formula is C33H35N11O2. The predicted octanol–water partition coefficient (Wildman–Crippen LogP) is 2.79. The number of carbonyl (C=O) groups is 2. The van der Waals surface area contributed by atoms with Crippen molar-refractivity contribution < 1.29 is 9.59 Å². The molecule has 1 aromatic carbocycles. The minimum absolute atomic E-state index is 0.0257. The number of benzene rings is 1. The van der Waals surface area contributed by atoms with Gasteiger partial charge >= 0.3 is 0 Å². The van der Waals surface area contributed by atoms with Crippen LogP contribution in [0.25, 0.3) is 22.0 Å². The second-order valence-corrected chi connectivity index (χ2v) is 11.7. The number of fused-ring (bicyclic) bond motifs is 1. The second-order valence-electron chi connectivity index (χ2n) is 11.7. The van der Waals surface area contributed by atoms with Gasteiger partial charge < -0.3 is 24.9 Å². The number of amides is 2. The van der Waals surface area contributed by atoms with Gasteiger partial charge in [0.15, 0.2) is 5.82 Å². The van der Waals surface area contributed by atoms with Crippen molar-refractivity contribution in [2.45, 2.75) is 0 Å². The summed E-state index contributed by atoms with van der Waals surface area (Å²) in [6, 6.07) is 15.0. The van der Waals surface area contributed by atoms with E-state index in [0.29, 0.717) is 48.9 Å². The Hall–Kier alpha value is -5.43. The van der Waals surface area contributed by atoms with Gasteiger partial charge in [0.1, 0.15) is 11.6 Å². The van der Waals surface area contributed by atoms with E-state index in [1.54, 1.807) is 29.2 Å². The minimum atomic E-state index is -0.304. The molecule has 0 aliphatic carbocycles. The van der Waals surface area contributed by atoms with Gasteiger partial charge in [-0.05, 0) is 55.1 Å². The zero-order valence-corrected chi connectivity index (χ0v) is 25.9. The molecule has 4 aromatic heterocycles. The molecule has 2 amide bonds. The maximum atomic E-state index is 13.2. The third-order valence-electron chi connectivity index (χ3n) is 8.59. The van der Waals surface area contributed by atoms with Crippen molar-refractivity contribution in [1.29, 1.82) is 0 Å². The number of carbonyl (C=O) groups excluding carboxylic acids is 2. The molecule has 13 nitrogen and oxygen atoms in total. The highest BCUT2D eigenvalue weighted by molar-refractivity contribution is 6.04. The van der Waals surface area contributed by atoms with Crippen LogP contribution in [0.3, 0.4) is 0 Å². The largest absolute Gasteiger partial charge is 0.354 e. The van der Waals surface area contributed by atoms with Gasteiger partial charge in [0, 0.05) is 94.5 Å². The number of aryl methyl sites for hydroxylation is 1. The van der Waals surface area contributed by atoms with Crippen LogP contribution in [0, 0.1) is 0 Å². The van der Waals surface area contributed by atoms with Crippen molar-refractivity contribution in [3.63, 3.8) is 0 Å². The highest BCUT2D eigenvalue weighted by atomic mass is 16.2. The average molecular weight is 618 g/mol. The molecule has 46 heavy (non-hydrogen) atoms. The van der Waals surface area contributed by atoms with Crippen LogP contribution < -0.4 is 15.1 Å². The molecular weight excluding hydrogens is 582 g/mol. The zero-order chi connectivity index (χ0) is 31.6. The van der Waals surface area contributed by atoms with Crippen LogP contribution in [0.4, 0.5) is 17.5 Å². The van der Waals surface area contributed by atoms with Gasteiger partial charge in [0.2, 0.25) is 0 Å². The van der Waals surface area contributed by atoms with E-state index in [2.05, 4.69) is 52.3 Å². The number of piperazine rings is 2. The lowest BCUT2D eigenvalue weighted by Crippen LogP contribution is -2.49. The lowest BCUT2D eigenvalue weighted by atomic mass is 10.1. The Morgan fingerprint density at radius 3 is 2.24 bits per heavy atom. The van der Waals surface area contributed by atoms with E-state index >= 15 is 0 Å². The Balaban J connectivity index is 0.967. The van der Waals surface area contributed by atoms with E-state index in [9.17, 15) is 9.59 Å². The molecule has 2 aliphatic rings. The Bertz CT molecular complexity index is 1870. The van der Waals surface area contributed by atoms with Crippen molar-refractivity contribution in [2.24, 2.45) is 7.05 Å². The molecule has 1 N–H and O–H groups in total. The van der Waals surface area contributed by atoms with Crippen molar-refractivity contribution in [1.82, 2.24) is 39.7 Å². The molecule has 7 rings (SSSR count). The summed E-state index contributed by atoms with van der Waals surface area (Å²) in [5.74, 6) is 1.62. The third kappa shape index (κ3) is 6.22. The van der Waals surface area contributed by atoms with Crippen LogP contribution in [0.15, 0.2) is 73.3 Å². The SMILES string of the molecule is CN1CCN(c2ccc(C(=O)N3CCN(c4cc(C(=O)Nc5cc6cc(-c7cnn(C)c7)ccc6nn5)ccn4)CC3)cn2)CC1. The Morgan fingerprint density at radius 2 is 1.50 bits per heavy atom. The number of nitrogens with zero attached hydrogens (tertiary/aromatic N) is 10. The average Bonchev–Trinajstić information content (AvgIpc) is 3.54. The van der Waals surface area contributed by atoms with E-state index in [0.717, 1.165) is 54.0 Å². The first kappa shape index (κ1) is 29.3. The summed E-state index contributed by atoms with van der Waals surface area (Å²) in [5, 5.41) is 16.5. The van der Waals surface area contributed by atoms with Gasteiger partial charge in [-0.1, -0.05) is 6.07 Å². The van der Waals surface area contributed by atoms with Gasteiger partial charge in [-0.15, -0.1) is 10.2 Å². The standard InChI is InChI=1S/C33H35N11O2/c1-40-9-11-42(12-10-40)30-6-4-25(20-35-30)33(46)44-15-13-43(14-16-44)31-19-24(7-8-34-31)32(45)37-29-18-26-17-23(3-5-28(26)38-39-29)27-21-36-41(2)22-27/h3-8,17-22H,9-16H2,1-2H3,(H,37,39,45). The summed E-state index contributed by atoms with van der Waals surface area (Å²) in [5.41, 5.74) is 3.78. The number of pyridine rings is 2. The molecule has 0 spiro atoms. The highest BCUT2D eigenvalue weighted by Gasteiger charge is 2.24. The predicted molar refractivity (Wildman–Crippen MR) is 176 cm³/mol. The second kappa shape index (κ2) is 12.5. The molecule has 2 fully saturated rings. The maximum absolute atomic E-state index is 13.2. The van der Waals surface area contributed by atoms with Crippen molar-refractivity contribution in [3.05, 3.63) is 84.4 Å². The lowest BCUT2D eigenvalue weighted by Gasteiger charge is -2.35. The van der Waals surface area contributed by atoms with Crippen molar-refractivity contribution in [2.75, 3.05) is 74.5 Å². The fraction of sp³-hybridized carbons (Fsp3) is 0.303. The number of aromatic nitrogens is 6. The highest BCUT2D eigenvalue weighted by Crippen LogP contribution is 2.25. The molecule has 234 valence electrons. The number of rotatable bonds is 6. The van der Waals surface area contributed by atoms with Gasteiger partial charge in [-0.3, -0.25) is 14.3 Å². The summed E-state index contributed by atoms with van der Waals surface area (Å²) in [6.45, 7) is 6.17. The first-order valence-corrected chi connectivity index (χ1v) is 15.4. The summed E-state index contributed by atoms with van der Waals surface area (Å²) in [6.07, 6.45) is 7.07. The number of likely N-dealkylation sites (N-methyl/N-ethyl adjacent to an activating group) is 1. The number of anilines is 3. The minimum Gasteiger partial charge on any atom is -0.354 e. The molecule has 0 saturated carbocycles. The normalized spacial score (nSPS) is 15.7. The molecule has 13 heteroatoms. The van der Waals surface area contributed by atoms with E-state index in [4.69, 9.17) is 0 Å². The summed E-state index contributed by atoms with van der Waals surface area (Å²) in [4.78, 5) is 44.0. The Kier molecular flexibility index (Phi) is 7.97. The quantitative estimate of drug-likeness (QED) is 0.304. The van der Waals surface area contributed by atoms with E-state index in [1.807, 2.05) is 60.7 Å². The van der Waals surface area contributed by atoms with E-state index in [1.165, 1.54) is 0 Å². The third-order valence-corrected chi connectivity index (χ3v) is 8.59. The number of hydrogen-bond donors (Lipinski definition) is 1. The molecule has 0 atom stereocenters. The number of nitrogens with one attached hydrogen (secondary N) is 1. The number of hydrogen-bond acceptors (Lipinski definition) is 10. The van der Waals surface area contributed by atoms with Crippen LogP contribution in [0.2, 0.25) is 0 Å². The molecule has 0 radical (unpaired) electrons. The van der Waals surface area contributed by atoms with Crippen LogP contribution >= 0.6 is 0 Å². The lowest BCUT2D eigenvalue weighted by molar-refractivity contribution is 0.0746. The van der Waals surface area contributed by atoms with Crippen LogP contribution in [0.5, 0.6) is 0 Å². The summed E-state index contributed by atoms with van der Waals surface area (Å²) >= 11 is 0. The van der Waals surface area contributed by atoms with Gasteiger partial charge in [-0.25, -0.2) is 9.97 Å². The van der Waals surface area contributed by atoms with Gasteiger partial charge in [0.05, 0.1) is 17.3 Å². The molecule has 0 unspecified atom stereocenters. The van der Waals surface area contributed by atoms with Crippen molar-refractivity contribution in [3.8, 4) is 11.1 Å². The smallest absolute Gasteiger partial charge is 0.257 e. The Labute approximate surface area is 266 Å². The van der Waals surface area contributed by atoms with Gasteiger partial charge in [0.25, 0.3) is 11.8 Å². The fourth-order valence-electron chi connectivity index (χ4n) is 5.83. The molecule has 5 aromatic rings. The van der Waals surface area contributed by atoms with Crippen LogP contribution in [-0.4, -0.2) is 111 Å². The Morgan fingerprint density at radius 1 is 0.717 bits per heavy atom. The maximum Gasteiger partial charge on any atom is 0.257 e. The van der Waals surface area contributed by atoms with Gasteiger partial charge in [-0.2, -0.15) is 5.10 Å². The van der Waals surface area contributed by atoms with E-state index in [-0.39, 0.29) is 11.8 Å². The topological polar surface area (TPSA) is 129 Å². The van der Waals surface area contributed by atoms with Crippen molar-refractivity contribution >= 4 is 40.2 Å². The molecule has 2 aliphatic heterocycles. The monoisotopic (exact) mass is 617 g/mol. The molecule has 6 heterocycles.